The highest BCUT2D eigenvalue weighted by Crippen LogP contribution is 2.60. The number of carboxylic acids is 4. The lowest BCUT2D eigenvalue weighted by Gasteiger charge is -2.51. The summed E-state index contributed by atoms with van der Waals surface area (Å²) in [4.78, 5) is 60.8. The number of carboxylic acid groups (broad SMARTS) is 8. The Morgan fingerprint density at radius 1 is 0.600 bits per heavy atom. The molecule has 0 saturated heterocycles. The van der Waals surface area contributed by atoms with Gasteiger partial charge in [0.2, 0.25) is 0 Å². The molecule has 14 heteroatoms. The summed E-state index contributed by atoms with van der Waals surface area (Å²) < 4.78 is 0. The van der Waals surface area contributed by atoms with Crippen LogP contribution in [0.25, 0.3) is 0 Å². The van der Waals surface area contributed by atoms with Crippen molar-refractivity contribution in [2.75, 3.05) is 0 Å². The Morgan fingerprint density at radius 2 is 0.760 bits per heavy atom. The van der Waals surface area contributed by atoms with Crippen LogP contribution in [0.1, 0.15) is 13.3 Å². The summed E-state index contributed by atoms with van der Waals surface area (Å²) in [5, 5.41) is 63.3. The topological polar surface area (TPSA) is 264 Å². The molecule has 1 aliphatic rings. The molecule has 0 spiro atoms. The van der Waals surface area contributed by atoms with E-state index in [0.29, 0.717) is 0 Å². The lowest BCUT2D eigenvalue weighted by molar-refractivity contribution is -0.212. The molecule has 0 aromatic heterocycles. The third-order valence-corrected chi connectivity index (χ3v) is 3.56. The molecule has 0 heterocycles. The first-order valence-corrected chi connectivity index (χ1v) is 5.88. The first-order valence-electron chi connectivity index (χ1n) is 5.88. The number of aliphatic carboxylic acids is 4. The molecule has 14 nitrogen and oxygen atoms in total. The van der Waals surface area contributed by atoms with Crippen molar-refractivity contribution in [2.24, 2.45) is 16.7 Å². The second-order valence-corrected chi connectivity index (χ2v) is 4.63. The molecule has 8 N–H and O–H groups in total. The van der Waals surface area contributed by atoms with Crippen LogP contribution in [0, 0.1) is 16.7 Å². The van der Waals surface area contributed by atoms with Crippen LogP contribution in [-0.2, 0) is 19.2 Å². The highest BCUT2D eigenvalue weighted by atomic mass is 16.6. The third-order valence-electron chi connectivity index (χ3n) is 3.56. The summed E-state index contributed by atoms with van der Waals surface area (Å²) in [5.74, 6) is -8.45. The van der Waals surface area contributed by atoms with Crippen LogP contribution in [0.5, 0.6) is 0 Å². The van der Waals surface area contributed by atoms with Crippen LogP contribution >= 0.6 is 0 Å². The molecule has 0 aromatic carbocycles. The predicted molar refractivity (Wildman–Crippen MR) is 70.5 cm³/mol. The van der Waals surface area contributed by atoms with Crippen LogP contribution in [0.15, 0.2) is 0 Å². The van der Waals surface area contributed by atoms with Crippen molar-refractivity contribution in [2.45, 2.75) is 13.3 Å². The van der Waals surface area contributed by atoms with Gasteiger partial charge in [-0.3, -0.25) is 19.2 Å². The van der Waals surface area contributed by atoms with Gasteiger partial charge in [0.05, 0.1) is 0 Å². The van der Waals surface area contributed by atoms with Gasteiger partial charge in [0.15, 0.2) is 10.8 Å². The third kappa shape index (κ3) is 4.69. The highest BCUT2D eigenvalue weighted by molar-refractivity contribution is 6.09. The van der Waals surface area contributed by atoms with E-state index < -0.39 is 59.4 Å². The summed E-state index contributed by atoms with van der Waals surface area (Å²) in [5.41, 5.74) is -4.70. The van der Waals surface area contributed by atoms with Gasteiger partial charge in [0.1, 0.15) is 0 Å². The van der Waals surface area contributed by atoms with Gasteiger partial charge in [0.25, 0.3) is 0 Å². The fraction of sp³-hybridized carbons (Fsp3) is 0.455. The smallest absolute Gasteiger partial charge is 0.480 e. The Kier molecular flexibility index (Phi) is 7.88. The molecule has 1 fully saturated rings. The summed E-state index contributed by atoms with van der Waals surface area (Å²) >= 11 is 0. The molecule has 0 bridgehead atoms. The minimum absolute atomic E-state index is 0.962. The Morgan fingerprint density at radius 3 is 0.840 bits per heavy atom. The number of rotatable bonds is 4. The van der Waals surface area contributed by atoms with E-state index in [1.54, 1.807) is 0 Å². The van der Waals surface area contributed by atoms with E-state index in [9.17, 15) is 19.2 Å². The average Bonchev–Trinajstić information content (AvgIpc) is 2.34. The van der Waals surface area contributed by atoms with Crippen molar-refractivity contribution < 1.29 is 69.6 Å². The molecule has 25 heavy (non-hydrogen) atoms. The van der Waals surface area contributed by atoms with Gasteiger partial charge < -0.3 is 40.9 Å². The van der Waals surface area contributed by atoms with Crippen molar-refractivity contribution in [1.29, 1.82) is 0 Å². The number of carbonyl (C=O) groups is 6. The number of hydrogen-bond donors (Lipinski definition) is 8. The molecule has 1 saturated carbocycles. The van der Waals surface area contributed by atoms with Crippen LogP contribution in [0.3, 0.4) is 0 Å². The molecule has 0 amide bonds. The Balaban J connectivity index is 0. The van der Waals surface area contributed by atoms with Crippen LogP contribution in [-0.4, -0.2) is 77.0 Å². The Labute approximate surface area is 137 Å². The van der Waals surface area contributed by atoms with Crippen molar-refractivity contribution in [3.8, 4) is 0 Å². The molecule has 0 radical (unpaired) electrons. The van der Waals surface area contributed by atoms with Gasteiger partial charge in [-0.25, -0.2) is 9.59 Å². The fourth-order valence-corrected chi connectivity index (χ4v) is 2.26. The Bertz CT molecular complexity index is 504. The molecule has 0 atom stereocenters. The fourth-order valence-electron chi connectivity index (χ4n) is 2.26. The van der Waals surface area contributed by atoms with E-state index in [1.165, 1.54) is 0 Å². The van der Waals surface area contributed by atoms with Gasteiger partial charge in [-0.15, -0.1) is 0 Å². The largest absolute Gasteiger partial charge is 0.503 e. The van der Waals surface area contributed by atoms with E-state index in [4.69, 9.17) is 50.4 Å². The molecular weight excluding hydrogens is 356 g/mol. The standard InChI is InChI=1S/C9H10O8.2CH2O3/c1-3-8(4(10)11,5(12)13)2-9(3,6(14)15)7(16)17;2*2-1(3)4/h3H,2H2,1H3,(H,10,11)(H,12,13)(H,14,15)(H,16,17);2*(H2,2,3,4). The normalized spacial score (nSPS) is 16.4. The maximum absolute atomic E-state index is 10.9. The maximum Gasteiger partial charge on any atom is 0.503 e. The molecule has 0 unspecified atom stereocenters. The predicted octanol–water partition coefficient (Wildman–Crippen LogP) is -0.218. The Hall–Kier alpha value is -3.58. The van der Waals surface area contributed by atoms with Crippen LogP contribution in [0.2, 0.25) is 0 Å². The second kappa shape index (κ2) is 8.32. The molecule has 1 aliphatic carbocycles. The van der Waals surface area contributed by atoms with Gasteiger partial charge >= 0.3 is 36.2 Å². The zero-order valence-electron chi connectivity index (χ0n) is 12.3. The van der Waals surface area contributed by atoms with E-state index in [1.807, 2.05) is 0 Å². The minimum Gasteiger partial charge on any atom is -0.480 e. The lowest BCUT2D eigenvalue weighted by Crippen LogP contribution is -2.68. The minimum atomic E-state index is -2.35. The second-order valence-electron chi connectivity index (χ2n) is 4.63. The molecule has 142 valence electrons. The first-order chi connectivity index (χ1) is 11.1. The van der Waals surface area contributed by atoms with Gasteiger partial charge in [-0.1, -0.05) is 6.92 Å². The van der Waals surface area contributed by atoms with E-state index in [0.717, 1.165) is 6.92 Å². The lowest BCUT2D eigenvalue weighted by atomic mass is 9.45. The first kappa shape index (κ1) is 23.7. The summed E-state index contributed by atoms with van der Waals surface area (Å²) in [6.45, 7) is 1.01. The van der Waals surface area contributed by atoms with Crippen molar-refractivity contribution >= 4 is 36.2 Å². The van der Waals surface area contributed by atoms with Crippen molar-refractivity contribution in [3.63, 3.8) is 0 Å². The monoisotopic (exact) mass is 370 g/mol. The molecular formula is C11H14O14. The quantitative estimate of drug-likeness (QED) is 0.297. The summed E-state index contributed by atoms with van der Waals surface area (Å²) in [6, 6.07) is 0. The van der Waals surface area contributed by atoms with Gasteiger partial charge in [0, 0.05) is 12.3 Å². The van der Waals surface area contributed by atoms with Crippen LogP contribution in [0.4, 0.5) is 9.59 Å². The van der Waals surface area contributed by atoms with E-state index in [-0.39, 0.29) is 0 Å². The number of hydrogen-bond acceptors (Lipinski definition) is 6. The summed E-state index contributed by atoms with van der Waals surface area (Å²) in [6.07, 6.45) is -4.63. The zero-order chi connectivity index (χ0) is 20.7. The summed E-state index contributed by atoms with van der Waals surface area (Å²) in [7, 11) is 0. The van der Waals surface area contributed by atoms with Gasteiger partial charge in [-0.05, 0) is 0 Å². The maximum atomic E-state index is 10.9. The van der Waals surface area contributed by atoms with Gasteiger partial charge in [-0.2, -0.15) is 0 Å². The van der Waals surface area contributed by atoms with E-state index >= 15 is 0 Å². The SMILES string of the molecule is CC1C(C(=O)O)(C(=O)O)CC1(C(=O)O)C(=O)O.O=C(O)O.O=C(O)O. The van der Waals surface area contributed by atoms with Crippen molar-refractivity contribution in [1.82, 2.24) is 0 Å². The molecule has 0 aromatic rings. The average molecular weight is 370 g/mol. The van der Waals surface area contributed by atoms with E-state index in [2.05, 4.69) is 0 Å². The van der Waals surface area contributed by atoms with Crippen LogP contribution < -0.4 is 0 Å². The highest BCUT2D eigenvalue weighted by Gasteiger charge is 2.76. The zero-order valence-corrected chi connectivity index (χ0v) is 12.3. The molecule has 0 aliphatic heterocycles. The molecule has 1 rings (SSSR count). The van der Waals surface area contributed by atoms with Crippen molar-refractivity contribution in [3.05, 3.63) is 0 Å².